The van der Waals surface area contributed by atoms with Crippen molar-refractivity contribution in [2.75, 3.05) is 20.1 Å². The summed E-state index contributed by atoms with van der Waals surface area (Å²) in [6.07, 6.45) is 8.04. The van der Waals surface area contributed by atoms with Crippen molar-refractivity contribution in [3.8, 4) is 0 Å². The Morgan fingerprint density at radius 3 is 2.59 bits per heavy atom. The van der Waals surface area contributed by atoms with Gasteiger partial charge in [-0.25, -0.2) is 0 Å². The SMILES string of the molecule is CCC1(C(=O)N(C)C2CCCNC2)CCCC1. The number of amides is 1. The van der Waals surface area contributed by atoms with Crippen molar-refractivity contribution in [3.05, 3.63) is 0 Å². The second-order valence-electron chi connectivity index (χ2n) is 5.76. The molecule has 3 nitrogen and oxygen atoms in total. The first-order chi connectivity index (χ1) is 8.19. The number of likely N-dealkylation sites (N-methyl/N-ethyl adjacent to an activating group) is 1. The highest BCUT2D eigenvalue weighted by molar-refractivity contribution is 5.83. The van der Waals surface area contributed by atoms with E-state index in [9.17, 15) is 4.79 Å². The molecule has 2 aliphatic rings. The number of hydrogen-bond acceptors (Lipinski definition) is 2. The van der Waals surface area contributed by atoms with Gasteiger partial charge in [0.15, 0.2) is 0 Å². The molecule has 0 aromatic heterocycles. The number of hydrogen-bond donors (Lipinski definition) is 1. The molecular formula is C14H26N2O. The maximum absolute atomic E-state index is 12.7. The molecule has 2 fully saturated rings. The average Bonchev–Trinajstić information content (AvgIpc) is 2.88. The maximum Gasteiger partial charge on any atom is 0.228 e. The van der Waals surface area contributed by atoms with Crippen LogP contribution in [0.5, 0.6) is 0 Å². The summed E-state index contributed by atoms with van der Waals surface area (Å²) in [4.78, 5) is 14.7. The second-order valence-corrected chi connectivity index (χ2v) is 5.76. The molecule has 1 heterocycles. The van der Waals surface area contributed by atoms with Gasteiger partial charge in [0.2, 0.25) is 5.91 Å². The lowest BCUT2D eigenvalue weighted by molar-refractivity contribution is -0.143. The summed E-state index contributed by atoms with van der Waals surface area (Å²) in [5.41, 5.74) is -0.0216. The van der Waals surface area contributed by atoms with E-state index >= 15 is 0 Å². The zero-order valence-corrected chi connectivity index (χ0v) is 11.3. The summed E-state index contributed by atoms with van der Waals surface area (Å²) in [6, 6.07) is 0.417. The van der Waals surface area contributed by atoms with Gasteiger partial charge in [-0.3, -0.25) is 4.79 Å². The van der Waals surface area contributed by atoms with Crippen LogP contribution in [0, 0.1) is 5.41 Å². The Balaban J connectivity index is 2.02. The van der Waals surface area contributed by atoms with Gasteiger partial charge in [-0.05, 0) is 38.6 Å². The third-order valence-corrected chi connectivity index (χ3v) is 4.83. The van der Waals surface area contributed by atoms with E-state index in [1.165, 1.54) is 19.3 Å². The zero-order chi connectivity index (χ0) is 12.3. The largest absolute Gasteiger partial charge is 0.341 e. The zero-order valence-electron chi connectivity index (χ0n) is 11.3. The van der Waals surface area contributed by atoms with Crippen molar-refractivity contribution in [1.29, 1.82) is 0 Å². The van der Waals surface area contributed by atoms with Gasteiger partial charge in [0.05, 0.1) is 0 Å². The number of nitrogens with one attached hydrogen (secondary N) is 1. The van der Waals surface area contributed by atoms with Crippen LogP contribution in [0.2, 0.25) is 0 Å². The van der Waals surface area contributed by atoms with Gasteiger partial charge < -0.3 is 10.2 Å². The standard InChI is InChI=1S/C14H26N2O/c1-3-14(8-4-5-9-14)13(17)16(2)12-7-6-10-15-11-12/h12,15H,3-11H2,1-2H3. The van der Waals surface area contributed by atoms with Crippen LogP contribution in [-0.4, -0.2) is 37.0 Å². The van der Waals surface area contributed by atoms with Crippen molar-refractivity contribution in [2.45, 2.75) is 57.9 Å². The Labute approximate surface area is 105 Å². The van der Waals surface area contributed by atoms with Crippen LogP contribution in [0.25, 0.3) is 0 Å². The lowest BCUT2D eigenvalue weighted by Gasteiger charge is -2.38. The van der Waals surface area contributed by atoms with Crippen LogP contribution in [0.3, 0.4) is 0 Å². The van der Waals surface area contributed by atoms with Crippen molar-refractivity contribution in [3.63, 3.8) is 0 Å². The molecule has 1 aliphatic carbocycles. The molecule has 1 amide bonds. The summed E-state index contributed by atoms with van der Waals surface area (Å²) in [7, 11) is 2.01. The third-order valence-electron chi connectivity index (χ3n) is 4.83. The molecule has 1 atom stereocenters. The fourth-order valence-corrected chi connectivity index (χ4v) is 3.47. The van der Waals surface area contributed by atoms with Gasteiger partial charge in [0, 0.05) is 25.0 Å². The highest BCUT2D eigenvalue weighted by Crippen LogP contribution is 2.42. The van der Waals surface area contributed by atoms with Crippen molar-refractivity contribution < 1.29 is 4.79 Å². The van der Waals surface area contributed by atoms with Crippen molar-refractivity contribution in [2.24, 2.45) is 5.41 Å². The monoisotopic (exact) mass is 238 g/mol. The first kappa shape index (κ1) is 12.9. The smallest absolute Gasteiger partial charge is 0.228 e. The van der Waals surface area contributed by atoms with Crippen molar-refractivity contribution >= 4 is 5.91 Å². The summed E-state index contributed by atoms with van der Waals surface area (Å²) in [5.74, 6) is 0.409. The highest BCUT2D eigenvalue weighted by Gasteiger charge is 2.42. The minimum absolute atomic E-state index is 0.0216. The fraction of sp³-hybridized carbons (Fsp3) is 0.929. The first-order valence-corrected chi connectivity index (χ1v) is 7.17. The Bertz CT molecular complexity index is 265. The quantitative estimate of drug-likeness (QED) is 0.817. The summed E-state index contributed by atoms with van der Waals surface area (Å²) >= 11 is 0. The van der Waals surface area contributed by atoms with Crippen LogP contribution in [-0.2, 0) is 4.79 Å². The van der Waals surface area contributed by atoms with E-state index in [4.69, 9.17) is 0 Å². The minimum atomic E-state index is -0.0216. The molecule has 1 saturated carbocycles. The maximum atomic E-state index is 12.7. The molecule has 0 aromatic carbocycles. The van der Waals surface area contributed by atoms with Crippen LogP contribution in [0.4, 0.5) is 0 Å². The molecule has 98 valence electrons. The number of nitrogens with zero attached hydrogens (tertiary/aromatic N) is 1. The normalized spacial score (nSPS) is 28.0. The molecule has 2 rings (SSSR count). The van der Waals surface area contributed by atoms with E-state index in [0.717, 1.165) is 38.8 Å². The minimum Gasteiger partial charge on any atom is -0.341 e. The Kier molecular flexibility index (Phi) is 4.08. The van der Waals surface area contributed by atoms with Crippen molar-refractivity contribution in [1.82, 2.24) is 10.2 Å². The Morgan fingerprint density at radius 2 is 2.06 bits per heavy atom. The second kappa shape index (κ2) is 5.38. The number of carbonyl (C=O) groups excluding carboxylic acids is 1. The number of carbonyl (C=O) groups is 1. The van der Waals surface area contributed by atoms with Crippen LogP contribution in [0.15, 0.2) is 0 Å². The predicted molar refractivity (Wildman–Crippen MR) is 69.9 cm³/mol. The number of rotatable bonds is 3. The van der Waals surface area contributed by atoms with E-state index in [1.807, 2.05) is 11.9 Å². The van der Waals surface area contributed by atoms with Gasteiger partial charge in [-0.15, -0.1) is 0 Å². The van der Waals surface area contributed by atoms with Gasteiger partial charge in [0.1, 0.15) is 0 Å². The molecule has 1 saturated heterocycles. The van der Waals surface area contributed by atoms with Gasteiger partial charge in [-0.1, -0.05) is 19.8 Å². The predicted octanol–water partition coefficient (Wildman–Crippen LogP) is 2.17. The van der Waals surface area contributed by atoms with E-state index in [2.05, 4.69) is 12.2 Å². The van der Waals surface area contributed by atoms with Crippen LogP contribution < -0.4 is 5.32 Å². The highest BCUT2D eigenvalue weighted by atomic mass is 16.2. The molecule has 0 radical (unpaired) electrons. The van der Waals surface area contributed by atoms with Crippen LogP contribution in [0.1, 0.15) is 51.9 Å². The van der Waals surface area contributed by atoms with Gasteiger partial charge in [-0.2, -0.15) is 0 Å². The Hall–Kier alpha value is -0.570. The summed E-state index contributed by atoms with van der Waals surface area (Å²) in [5, 5.41) is 3.40. The number of piperidine rings is 1. The molecule has 1 unspecified atom stereocenters. The molecule has 3 heteroatoms. The van der Waals surface area contributed by atoms with Gasteiger partial charge in [0.25, 0.3) is 0 Å². The lowest BCUT2D eigenvalue weighted by atomic mass is 9.81. The molecule has 0 aromatic rings. The fourth-order valence-electron chi connectivity index (χ4n) is 3.47. The molecule has 1 N–H and O–H groups in total. The van der Waals surface area contributed by atoms with E-state index in [0.29, 0.717) is 11.9 Å². The molecule has 0 bridgehead atoms. The summed E-state index contributed by atoms with van der Waals surface area (Å²) in [6.45, 7) is 4.26. The Morgan fingerprint density at radius 1 is 1.35 bits per heavy atom. The van der Waals surface area contributed by atoms with E-state index in [-0.39, 0.29) is 5.41 Å². The summed E-state index contributed by atoms with van der Waals surface area (Å²) < 4.78 is 0. The van der Waals surface area contributed by atoms with E-state index in [1.54, 1.807) is 0 Å². The lowest BCUT2D eigenvalue weighted by Crippen LogP contribution is -2.51. The van der Waals surface area contributed by atoms with Crippen LogP contribution >= 0.6 is 0 Å². The van der Waals surface area contributed by atoms with Gasteiger partial charge >= 0.3 is 0 Å². The molecular weight excluding hydrogens is 212 g/mol. The molecule has 1 aliphatic heterocycles. The molecule has 0 spiro atoms. The molecule has 17 heavy (non-hydrogen) atoms. The van der Waals surface area contributed by atoms with E-state index < -0.39 is 0 Å². The first-order valence-electron chi connectivity index (χ1n) is 7.17. The topological polar surface area (TPSA) is 32.3 Å². The third kappa shape index (κ3) is 2.49. The average molecular weight is 238 g/mol.